The van der Waals surface area contributed by atoms with E-state index in [1.165, 1.54) is 19.2 Å². The summed E-state index contributed by atoms with van der Waals surface area (Å²) in [5, 5.41) is 7.72. The number of pyridine rings is 1. The number of rotatable bonds is 6. The first-order valence-electron chi connectivity index (χ1n) is 10.5. The Morgan fingerprint density at radius 1 is 1.22 bits per heavy atom. The summed E-state index contributed by atoms with van der Waals surface area (Å²) in [5.41, 5.74) is 2.05. The molecule has 0 saturated carbocycles. The summed E-state index contributed by atoms with van der Waals surface area (Å²) in [5.74, 6) is -0.398. The second kappa shape index (κ2) is 9.27. The zero-order valence-corrected chi connectivity index (χ0v) is 18.1. The highest BCUT2D eigenvalue weighted by atomic mass is 16.5. The molecule has 1 atom stereocenters. The topological polar surface area (TPSA) is 106 Å². The average molecular weight is 435 g/mol. The van der Waals surface area contributed by atoms with Crippen molar-refractivity contribution in [3.63, 3.8) is 0 Å². The maximum atomic E-state index is 12.9. The van der Waals surface area contributed by atoms with Crippen molar-refractivity contribution in [2.45, 2.75) is 12.3 Å². The molecule has 32 heavy (non-hydrogen) atoms. The number of carbonyl (C=O) groups excluding carboxylic acids is 2. The largest absolute Gasteiger partial charge is 0.383 e. The zero-order valence-electron chi connectivity index (χ0n) is 18.1. The summed E-state index contributed by atoms with van der Waals surface area (Å²) in [6.07, 6.45) is 0.730. The minimum absolute atomic E-state index is 0.00149. The number of aryl methyl sites for hydroxylation is 1. The normalized spacial score (nSPS) is 15.8. The van der Waals surface area contributed by atoms with Crippen LogP contribution in [0.5, 0.6) is 0 Å². The van der Waals surface area contributed by atoms with Crippen LogP contribution in [0.4, 0.5) is 0 Å². The van der Waals surface area contributed by atoms with Crippen LogP contribution in [-0.2, 0) is 11.8 Å². The SMILES string of the molecule is COCCNC(=O)c1cc([C@@H]2CCN(C(=O)c3ccc(=O)n(C)n3)C2)nc2ccccc12. The molecule has 0 radical (unpaired) electrons. The lowest BCUT2D eigenvalue weighted by Crippen LogP contribution is -2.31. The minimum atomic E-state index is -0.266. The standard InChI is InChI=1S/C23H25N5O4/c1-27-21(29)8-7-19(26-27)23(31)28-11-9-15(14-28)20-13-17(22(30)24-10-12-32-2)16-5-3-4-6-18(16)25-20/h3-8,13,15H,9-12,14H2,1-2H3,(H,24,30)/t15-/m1/s1. The van der Waals surface area contributed by atoms with E-state index < -0.39 is 0 Å². The van der Waals surface area contributed by atoms with E-state index in [0.29, 0.717) is 31.8 Å². The third-order valence-corrected chi connectivity index (χ3v) is 5.65. The van der Waals surface area contributed by atoms with E-state index in [2.05, 4.69) is 10.4 Å². The molecule has 1 aliphatic rings. The molecule has 1 saturated heterocycles. The Bertz CT molecular complexity index is 1220. The lowest BCUT2D eigenvalue weighted by atomic mass is 9.99. The van der Waals surface area contributed by atoms with Gasteiger partial charge in [-0.15, -0.1) is 0 Å². The van der Waals surface area contributed by atoms with E-state index in [1.54, 1.807) is 12.0 Å². The Balaban J connectivity index is 1.58. The molecule has 9 heteroatoms. The molecule has 1 aliphatic heterocycles. The summed E-state index contributed by atoms with van der Waals surface area (Å²) in [6.45, 7) is 1.87. The quantitative estimate of drug-likeness (QED) is 0.586. The molecule has 3 aromatic rings. The summed E-state index contributed by atoms with van der Waals surface area (Å²) >= 11 is 0. The van der Waals surface area contributed by atoms with Gasteiger partial charge in [-0.1, -0.05) is 18.2 Å². The number of nitrogens with one attached hydrogen (secondary N) is 1. The maximum absolute atomic E-state index is 12.9. The Morgan fingerprint density at radius 3 is 2.81 bits per heavy atom. The molecular formula is C23H25N5O4. The maximum Gasteiger partial charge on any atom is 0.274 e. The van der Waals surface area contributed by atoms with Gasteiger partial charge >= 0.3 is 0 Å². The number of amides is 2. The first kappa shape index (κ1) is 21.6. The van der Waals surface area contributed by atoms with Gasteiger partial charge in [-0.2, -0.15) is 5.10 Å². The Morgan fingerprint density at radius 2 is 2.03 bits per heavy atom. The molecule has 0 unspecified atom stereocenters. The van der Waals surface area contributed by atoms with E-state index in [4.69, 9.17) is 9.72 Å². The van der Waals surface area contributed by atoms with Gasteiger partial charge in [0.15, 0.2) is 0 Å². The first-order valence-corrected chi connectivity index (χ1v) is 10.5. The number of ether oxygens (including phenoxy) is 1. The third kappa shape index (κ3) is 4.38. The lowest BCUT2D eigenvalue weighted by molar-refractivity contribution is 0.0781. The van der Waals surface area contributed by atoms with Gasteiger partial charge in [0.25, 0.3) is 17.4 Å². The molecule has 0 spiro atoms. The van der Waals surface area contributed by atoms with Crippen LogP contribution in [0.15, 0.2) is 47.3 Å². The summed E-state index contributed by atoms with van der Waals surface area (Å²) < 4.78 is 6.17. The van der Waals surface area contributed by atoms with Crippen molar-refractivity contribution in [3.8, 4) is 0 Å². The number of para-hydroxylation sites is 1. The van der Waals surface area contributed by atoms with E-state index in [1.807, 2.05) is 30.3 Å². The average Bonchev–Trinajstić information content (AvgIpc) is 3.30. The monoisotopic (exact) mass is 435 g/mol. The van der Waals surface area contributed by atoms with Crippen molar-refractivity contribution in [3.05, 3.63) is 69.8 Å². The zero-order chi connectivity index (χ0) is 22.7. The number of carbonyl (C=O) groups is 2. The minimum Gasteiger partial charge on any atom is -0.383 e. The number of hydrogen-bond acceptors (Lipinski definition) is 6. The Kier molecular flexibility index (Phi) is 6.27. The van der Waals surface area contributed by atoms with Crippen molar-refractivity contribution in [1.29, 1.82) is 0 Å². The van der Waals surface area contributed by atoms with Gasteiger partial charge < -0.3 is 15.0 Å². The van der Waals surface area contributed by atoms with Crippen LogP contribution in [0.25, 0.3) is 10.9 Å². The molecule has 1 fully saturated rings. The van der Waals surface area contributed by atoms with Crippen molar-refractivity contribution >= 4 is 22.7 Å². The molecule has 0 bridgehead atoms. The Hall–Kier alpha value is -3.59. The molecule has 9 nitrogen and oxygen atoms in total. The number of fused-ring (bicyclic) bond motifs is 1. The van der Waals surface area contributed by atoms with Crippen LogP contribution in [0.3, 0.4) is 0 Å². The van der Waals surface area contributed by atoms with E-state index >= 15 is 0 Å². The van der Waals surface area contributed by atoms with Crippen LogP contribution < -0.4 is 10.9 Å². The van der Waals surface area contributed by atoms with Crippen molar-refractivity contribution in [2.24, 2.45) is 7.05 Å². The highest BCUT2D eigenvalue weighted by Gasteiger charge is 2.30. The van der Waals surface area contributed by atoms with Crippen LogP contribution in [-0.4, -0.2) is 64.8 Å². The van der Waals surface area contributed by atoms with Crippen molar-refractivity contribution in [1.82, 2.24) is 25.0 Å². The number of aromatic nitrogens is 3. The molecular weight excluding hydrogens is 410 g/mol. The Labute approximate surface area is 185 Å². The summed E-state index contributed by atoms with van der Waals surface area (Å²) in [6, 6.07) is 12.2. The lowest BCUT2D eigenvalue weighted by Gasteiger charge is -2.17. The van der Waals surface area contributed by atoms with E-state index in [-0.39, 0.29) is 29.0 Å². The molecule has 2 amide bonds. The van der Waals surface area contributed by atoms with E-state index in [9.17, 15) is 14.4 Å². The van der Waals surface area contributed by atoms with Crippen LogP contribution >= 0.6 is 0 Å². The summed E-state index contributed by atoms with van der Waals surface area (Å²) in [4.78, 5) is 43.8. The van der Waals surface area contributed by atoms with Crippen LogP contribution in [0.1, 0.15) is 38.9 Å². The second-order valence-corrected chi connectivity index (χ2v) is 7.78. The number of methoxy groups -OCH3 is 1. The van der Waals surface area contributed by atoms with Gasteiger partial charge in [-0.3, -0.25) is 19.4 Å². The van der Waals surface area contributed by atoms with Gasteiger partial charge in [0, 0.05) is 56.9 Å². The number of nitrogens with zero attached hydrogens (tertiary/aromatic N) is 4. The van der Waals surface area contributed by atoms with Crippen LogP contribution in [0.2, 0.25) is 0 Å². The van der Waals surface area contributed by atoms with Gasteiger partial charge in [0.2, 0.25) is 0 Å². The third-order valence-electron chi connectivity index (χ3n) is 5.65. The smallest absolute Gasteiger partial charge is 0.274 e. The molecule has 1 N–H and O–H groups in total. The predicted molar refractivity (Wildman–Crippen MR) is 119 cm³/mol. The second-order valence-electron chi connectivity index (χ2n) is 7.78. The van der Waals surface area contributed by atoms with Crippen molar-refractivity contribution in [2.75, 3.05) is 33.4 Å². The highest BCUT2D eigenvalue weighted by molar-refractivity contribution is 6.06. The summed E-state index contributed by atoms with van der Waals surface area (Å²) in [7, 11) is 3.11. The van der Waals surface area contributed by atoms with Gasteiger partial charge in [0.05, 0.1) is 17.7 Å². The first-order chi connectivity index (χ1) is 15.5. The predicted octanol–water partition coefficient (Wildman–Crippen LogP) is 1.33. The van der Waals surface area contributed by atoms with Gasteiger partial charge in [-0.05, 0) is 24.6 Å². The molecule has 4 rings (SSSR count). The fourth-order valence-electron chi connectivity index (χ4n) is 3.92. The van der Waals surface area contributed by atoms with Gasteiger partial charge in [0.1, 0.15) is 5.69 Å². The fourth-order valence-corrected chi connectivity index (χ4v) is 3.92. The molecule has 166 valence electrons. The highest BCUT2D eigenvalue weighted by Crippen LogP contribution is 2.30. The van der Waals surface area contributed by atoms with E-state index in [0.717, 1.165) is 27.7 Å². The molecule has 3 heterocycles. The fraction of sp³-hybridized carbons (Fsp3) is 0.348. The number of benzene rings is 1. The van der Waals surface area contributed by atoms with Crippen LogP contribution in [0, 0.1) is 0 Å². The van der Waals surface area contributed by atoms with Crippen molar-refractivity contribution < 1.29 is 14.3 Å². The molecule has 2 aromatic heterocycles. The number of likely N-dealkylation sites (tertiary alicyclic amines) is 1. The molecule has 1 aromatic carbocycles. The van der Waals surface area contributed by atoms with Gasteiger partial charge in [-0.25, -0.2) is 4.68 Å². The molecule has 0 aliphatic carbocycles. The number of hydrogen-bond donors (Lipinski definition) is 1.